The molecule has 0 radical (unpaired) electrons. The van der Waals surface area contributed by atoms with E-state index in [2.05, 4.69) is 25.2 Å². The van der Waals surface area contributed by atoms with Crippen LogP contribution in [0.1, 0.15) is 57.1 Å². The quantitative estimate of drug-likeness (QED) is 0.845. The SMILES string of the molecule is CC1(C)C2CCC1(CS(=O)(=O)C1=Cc3ccccc3C13CCNCC3)C(=O)C2. The van der Waals surface area contributed by atoms with Crippen LogP contribution in [-0.4, -0.2) is 33.0 Å². The lowest BCUT2D eigenvalue weighted by molar-refractivity contribution is -0.128. The van der Waals surface area contributed by atoms with Gasteiger partial charge in [0.25, 0.3) is 0 Å². The fourth-order valence-corrected chi connectivity index (χ4v) is 9.44. The van der Waals surface area contributed by atoms with Crippen molar-refractivity contribution < 1.29 is 13.2 Å². The summed E-state index contributed by atoms with van der Waals surface area (Å²) in [6, 6.07) is 8.10. The average Bonchev–Trinajstić information content (AvgIpc) is 3.17. The molecule has 0 aromatic heterocycles. The lowest BCUT2D eigenvalue weighted by Crippen LogP contribution is -2.46. The molecule has 28 heavy (non-hydrogen) atoms. The maximum atomic E-state index is 13.9. The summed E-state index contributed by atoms with van der Waals surface area (Å²) in [4.78, 5) is 13.5. The summed E-state index contributed by atoms with van der Waals surface area (Å²) in [7, 11) is -3.55. The Bertz CT molecular complexity index is 985. The lowest BCUT2D eigenvalue weighted by Gasteiger charge is -2.40. The van der Waals surface area contributed by atoms with Gasteiger partial charge in [0, 0.05) is 17.3 Å². The smallest absolute Gasteiger partial charge is 0.176 e. The maximum absolute atomic E-state index is 13.9. The number of benzene rings is 1. The van der Waals surface area contributed by atoms with E-state index in [4.69, 9.17) is 0 Å². The number of nitrogens with one attached hydrogen (secondary N) is 1. The van der Waals surface area contributed by atoms with Crippen LogP contribution in [0.15, 0.2) is 29.2 Å². The second kappa shape index (κ2) is 5.79. The Labute approximate surface area is 167 Å². The van der Waals surface area contributed by atoms with Gasteiger partial charge in [-0.05, 0) is 67.3 Å². The summed E-state index contributed by atoms with van der Waals surface area (Å²) >= 11 is 0. The highest BCUT2D eigenvalue weighted by Gasteiger charge is 2.66. The third-order valence-electron chi connectivity index (χ3n) is 8.60. The number of piperidine rings is 1. The molecule has 4 aliphatic rings. The number of hydrogen-bond acceptors (Lipinski definition) is 4. The van der Waals surface area contributed by atoms with Gasteiger partial charge in [-0.1, -0.05) is 38.1 Å². The van der Waals surface area contributed by atoms with E-state index in [1.165, 1.54) is 0 Å². The topological polar surface area (TPSA) is 63.2 Å². The number of sulfone groups is 1. The molecule has 2 unspecified atom stereocenters. The van der Waals surface area contributed by atoms with E-state index in [1.807, 2.05) is 24.3 Å². The van der Waals surface area contributed by atoms with Crippen molar-refractivity contribution in [2.75, 3.05) is 18.8 Å². The zero-order chi connectivity index (χ0) is 19.8. The molecule has 2 saturated carbocycles. The fourth-order valence-electron chi connectivity index (χ4n) is 6.74. The van der Waals surface area contributed by atoms with Gasteiger partial charge in [0.2, 0.25) is 0 Å². The molecule has 1 aliphatic heterocycles. The van der Waals surface area contributed by atoms with Gasteiger partial charge in [-0.25, -0.2) is 8.42 Å². The molecule has 4 nitrogen and oxygen atoms in total. The number of hydrogen-bond donors (Lipinski definition) is 1. The van der Waals surface area contributed by atoms with Crippen molar-refractivity contribution in [3.63, 3.8) is 0 Å². The Hall–Kier alpha value is -1.46. The third kappa shape index (κ3) is 2.20. The van der Waals surface area contributed by atoms with Crippen molar-refractivity contribution in [1.82, 2.24) is 5.32 Å². The van der Waals surface area contributed by atoms with Crippen LogP contribution in [0.3, 0.4) is 0 Å². The summed E-state index contributed by atoms with van der Waals surface area (Å²) in [6.45, 7) is 5.87. The zero-order valence-corrected chi connectivity index (χ0v) is 17.6. The van der Waals surface area contributed by atoms with Crippen LogP contribution in [0.2, 0.25) is 0 Å². The van der Waals surface area contributed by atoms with Crippen LogP contribution in [0.25, 0.3) is 6.08 Å². The van der Waals surface area contributed by atoms with Gasteiger partial charge in [0.15, 0.2) is 9.84 Å². The molecule has 1 aromatic rings. The van der Waals surface area contributed by atoms with Crippen molar-refractivity contribution in [3.8, 4) is 0 Å². The van der Waals surface area contributed by atoms with E-state index >= 15 is 0 Å². The summed E-state index contributed by atoms with van der Waals surface area (Å²) in [5.74, 6) is 0.489. The minimum absolute atomic E-state index is 0.0165. The number of ketones is 1. The van der Waals surface area contributed by atoms with Crippen LogP contribution >= 0.6 is 0 Å². The molecular weight excluding hydrogens is 370 g/mol. The first-order chi connectivity index (χ1) is 13.2. The monoisotopic (exact) mass is 399 g/mol. The molecule has 0 amide bonds. The number of allylic oxidation sites excluding steroid dienone is 1. The third-order valence-corrected chi connectivity index (χ3v) is 10.7. The van der Waals surface area contributed by atoms with Gasteiger partial charge in [0.05, 0.1) is 10.7 Å². The summed E-state index contributed by atoms with van der Waals surface area (Å²) < 4.78 is 27.8. The molecule has 5 rings (SSSR count). The second-order valence-corrected chi connectivity index (χ2v) is 11.8. The molecule has 1 aromatic carbocycles. The fraction of sp³-hybridized carbons (Fsp3) is 0.609. The normalized spacial score (nSPS) is 32.6. The van der Waals surface area contributed by atoms with Crippen LogP contribution in [0.5, 0.6) is 0 Å². The standard InChI is InChI=1S/C23H29NO3S/c1-21(2)17-7-8-23(21,19(25)14-17)15-28(26,27)20-13-16-5-3-4-6-18(16)22(20)9-11-24-12-10-22/h3-6,13,17,24H,7-12,14-15H2,1-2H3. The molecule has 5 heteroatoms. The van der Waals surface area contributed by atoms with Gasteiger partial charge in [0.1, 0.15) is 5.78 Å². The summed E-state index contributed by atoms with van der Waals surface area (Å²) in [6.07, 6.45) is 5.74. The van der Waals surface area contributed by atoms with Gasteiger partial charge in [-0.3, -0.25) is 4.79 Å². The van der Waals surface area contributed by atoms with Crippen molar-refractivity contribution in [2.45, 2.75) is 51.4 Å². The van der Waals surface area contributed by atoms with Crippen LogP contribution in [-0.2, 0) is 20.0 Å². The Morgan fingerprint density at radius 1 is 1.11 bits per heavy atom. The van der Waals surface area contributed by atoms with Gasteiger partial charge >= 0.3 is 0 Å². The van der Waals surface area contributed by atoms with E-state index in [0.717, 1.165) is 49.9 Å². The summed E-state index contributed by atoms with van der Waals surface area (Å²) in [5, 5.41) is 3.38. The lowest BCUT2D eigenvalue weighted by atomic mass is 9.70. The Kier molecular flexibility index (Phi) is 3.84. The number of carbonyl (C=O) groups excluding carboxylic acids is 1. The molecule has 1 spiro atoms. The molecule has 150 valence electrons. The Morgan fingerprint density at radius 3 is 2.46 bits per heavy atom. The molecule has 1 heterocycles. The number of Topliss-reactive ketones (excluding diaryl/α,β-unsaturated/α-hetero) is 1. The largest absolute Gasteiger partial charge is 0.317 e. The van der Waals surface area contributed by atoms with Crippen molar-refractivity contribution in [3.05, 3.63) is 40.3 Å². The van der Waals surface area contributed by atoms with Crippen LogP contribution < -0.4 is 5.32 Å². The van der Waals surface area contributed by atoms with Gasteiger partial charge in [-0.15, -0.1) is 0 Å². The molecule has 2 atom stereocenters. The predicted molar refractivity (Wildman–Crippen MR) is 111 cm³/mol. The van der Waals surface area contributed by atoms with E-state index < -0.39 is 20.7 Å². The molecular formula is C23H29NO3S. The number of rotatable bonds is 3. The highest BCUT2D eigenvalue weighted by molar-refractivity contribution is 7.95. The highest BCUT2D eigenvalue weighted by atomic mass is 32.2. The molecule has 3 fully saturated rings. The van der Waals surface area contributed by atoms with Crippen LogP contribution in [0.4, 0.5) is 0 Å². The molecule has 3 aliphatic carbocycles. The first kappa shape index (κ1) is 18.6. The van der Waals surface area contributed by atoms with Crippen molar-refractivity contribution >= 4 is 21.7 Å². The van der Waals surface area contributed by atoms with E-state index in [-0.39, 0.29) is 17.0 Å². The first-order valence-corrected chi connectivity index (χ1v) is 12.2. The predicted octanol–water partition coefficient (Wildman–Crippen LogP) is 3.47. The molecule has 1 N–H and O–H groups in total. The number of fused-ring (bicyclic) bond motifs is 4. The maximum Gasteiger partial charge on any atom is 0.176 e. The minimum Gasteiger partial charge on any atom is -0.317 e. The highest BCUT2D eigenvalue weighted by Crippen LogP contribution is 2.65. The van der Waals surface area contributed by atoms with Gasteiger partial charge in [-0.2, -0.15) is 0 Å². The Morgan fingerprint density at radius 2 is 1.82 bits per heavy atom. The average molecular weight is 400 g/mol. The van der Waals surface area contributed by atoms with Crippen molar-refractivity contribution in [2.24, 2.45) is 16.7 Å². The number of carbonyl (C=O) groups is 1. The van der Waals surface area contributed by atoms with E-state index in [9.17, 15) is 13.2 Å². The molecule has 1 saturated heterocycles. The zero-order valence-electron chi connectivity index (χ0n) is 16.8. The molecule has 2 bridgehead atoms. The minimum atomic E-state index is -3.55. The van der Waals surface area contributed by atoms with Crippen LogP contribution in [0, 0.1) is 16.7 Å². The Balaban J connectivity index is 1.59. The first-order valence-electron chi connectivity index (χ1n) is 10.5. The van der Waals surface area contributed by atoms with E-state index in [1.54, 1.807) is 0 Å². The van der Waals surface area contributed by atoms with Crippen molar-refractivity contribution in [1.29, 1.82) is 0 Å². The summed E-state index contributed by atoms with van der Waals surface area (Å²) in [5.41, 5.74) is 0.807. The van der Waals surface area contributed by atoms with Gasteiger partial charge < -0.3 is 5.32 Å². The van der Waals surface area contributed by atoms with E-state index in [0.29, 0.717) is 17.2 Å². The second-order valence-electron chi connectivity index (χ2n) is 9.85.